The van der Waals surface area contributed by atoms with Crippen molar-refractivity contribution in [3.05, 3.63) is 136 Å². The van der Waals surface area contributed by atoms with Gasteiger partial charge in [-0.15, -0.1) is 6.42 Å². The molecular formula is C76H94BrN13O20. The number of hydrogen-bond donors (Lipinski definition) is 8. The maximum Gasteiger partial charge on any atom is 0.329 e. The topological polar surface area (TPSA) is 442 Å². The largest absolute Gasteiger partial charge is 0.396 e. The molecule has 4 aliphatic rings. The first-order chi connectivity index (χ1) is 52.5. The Morgan fingerprint density at radius 2 is 0.764 bits per heavy atom. The van der Waals surface area contributed by atoms with Crippen molar-refractivity contribution in [2.45, 2.75) is 127 Å². The van der Waals surface area contributed by atoms with Crippen LogP contribution in [-0.2, 0) is 103 Å². The average Bonchev–Trinajstić information content (AvgIpc) is 1.63. The van der Waals surface area contributed by atoms with Crippen LogP contribution in [0.2, 0.25) is 0 Å². The lowest BCUT2D eigenvalue weighted by Crippen LogP contribution is -2.44. The Labute approximate surface area is 639 Å². The summed E-state index contributed by atoms with van der Waals surface area (Å²) in [6, 6.07) is 19.6. The Balaban J connectivity index is 0.000000197. The third kappa shape index (κ3) is 22.1. The zero-order chi connectivity index (χ0) is 78.8. The van der Waals surface area contributed by atoms with Crippen LogP contribution >= 0.6 is 15.9 Å². The van der Waals surface area contributed by atoms with E-state index < -0.39 is 47.8 Å². The predicted octanol–water partition coefficient (Wildman–Crippen LogP) is 2.83. The van der Waals surface area contributed by atoms with Crippen LogP contribution in [0.5, 0.6) is 0 Å². The number of amides is 8. The summed E-state index contributed by atoms with van der Waals surface area (Å²) in [5.74, 6) is 5.25. The number of aryl methyl sites for hydroxylation is 6. The normalized spacial score (nSPS) is 16.8. The van der Waals surface area contributed by atoms with Gasteiger partial charge in [-0.25, -0.2) is 19.2 Å². The van der Waals surface area contributed by atoms with Gasteiger partial charge in [-0.3, -0.25) is 96.2 Å². The lowest BCUT2D eigenvalue weighted by molar-refractivity contribution is -0.137. The number of ether oxygens (including phenoxy) is 4. The van der Waals surface area contributed by atoms with E-state index in [4.69, 9.17) is 40.7 Å². The summed E-state index contributed by atoms with van der Waals surface area (Å²) in [6.07, 6.45) is 13.5. The van der Waals surface area contributed by atoms with Crippen molar-refractivity contribution >= 4 is 114 Å². The fourth-order valence-electron chi connectivity index (χ4n) is 12.8. The monoisotopic (exact) mass is 1590 g/mol. The minimum atomic E-state index is -0.698. The number of carbonyl (C=O) groups excluding carboxylic acids is 9. The van der Waals surface area contributed by atoms with E-state index in [-0.39, 0.29) is 105 Å². The van der Waals surface area contributed by atoms with Gasteiger partial charge in [0.05, 0.1) is 64.0 Å². The van der Waals surface area contributed by atoms with Crippen molar-refractivity contribution in [1.82, 2.24) is 64.0 Å². The van der Waals surface area contributed by atoms with E-state index in [0.29, 0.717) is 125 Å². The molecule has 4 aliphatic heterocycles. The number of aliphatic hydroxyl groups excluding tert-OH is 3. The molecule has 10 N–H and O–H groups in total. The van der Waals surface area contributed by atoms with Crippen LogP contribution in [0.1, 0.15) is 131 Å². The number of hydrogen-bond acceptors (Lipinski definition) is 21. The Kier molecular flexibility index (Phi) is 33.5. The first kappa shape index (κ1) is 86.7. The van der Waals surface area contributed by atoms with E-state index >= 15 is 0 Å². The number of fused-ring (bicyclic) bond motifs is 4. The van der Waals surface area contributed by atoms with Crippen LogP contribution in [0, 0.1) is 24.2 Å². The highest BCUT2D eigenvalue weighted by Gasteiger charge is 2.35. The molecule has 0 aliphatic carbocycles. The van der Waals surface area contributed by atoms with E-state index in [1.165, 1.54) is 32.0 Å². The molecule has 4 fully saturated rings. The lowest BCUT2D eigenvalue weighted by atomic mass is 10.1. The minimum absolute atomic E-state index is 0. The summed E-state index contributed by atoms with van der Waals surface area (Å²) in [5.41, 5.74) is 7.41. The molecule has 0 radical (unpaired) electrons. The van der Waals surface area contributed by atoms with E-state index in [1.807, 2.05) is 48.5 Å². The molecule has 34 heteroatoms. The van der Waals surface area contributed by atoms with Crippen molar-refractivity contribution in [2.75, 3.05) is 72.7 Å². The summed E-state index contributed by atoms with van der Waals surface area (Å²) >= 11 is 3.37. The molecule has 4 saturated heterocycles. The molecule has 8 heterocycles. The molecule has 33 nitrogen and oxygen atoms in total. The molecule has 8 aromatic rings. The molecule has 590 valence electrons. The van der Waals surface area contributed by atoms with E-state index in [2.05, 4.69) is 55.0 Å². The van der Waals surface area contributed by atoms with Crippen molar-refractivity contribution < 1.29 is 77.4 Å². The third-order valence-corrected chi connectivity index (χ3v) is 18.8. The van der Waals surface area contributed by atoms with Gasteiger partial charge in [0, 0.05) is 110 Å². The Hall–Kier alpha value is -10.5. The minimum Gasteiger partial charge on any atom is -0.396 e. The van der Waals surface area contributed by atoms with Crippen LogP contribution in [0.4, 0.5) is 0 Å². The molecule has 4 aromatic heterocycles. The SMILES string of the molecule is C#CCOCCCO.Cn1c(=O)n(C2CCC(=O)NC2=O)c2ccc(Br)cc21.Cn1c(=O)n(C2CCC(=O)NC2=O)c2ccc(C#CCOCCCO)cc21.Cn1c(=O)n(C2CCC(=O)NC2=O)c2ccc(CCCOCCC=O)cc21.Cn1c(=O)n(C2CCC(=O)NC2=O)c2ccc(CCCOCCCO)cc21.N. The number of nitrogens with zero attached hydrogens (tertiary/aromatic N) is 8. The van der Waals surface area contributed by atoms with Crippen molar-refractivity contribution in [1.29, 1.82) is 0 Å². The highest BCUT2D eigenvalue weighted by atomic mass is 79.9. The summed E-state index contributed by atoms with van der Waals surface area (Å²) in [6.45, 7) is 4.19. The number of rotatable bonds is 26. The molecule has 110 heavy (non-hydrogen) atoms. The number of halogens is 1. The fourth-order valence-corrected chi connectivity index (χ4v) is 13.2. The van der Waals surface area contributed by atoms with Crippen molar-refractivity contribution in [3.63, 3.8) is 0 Å². The molecule has 0 bridgehead atoms. The number of benzene rings is 4. The second kappa shape index (κ2) is 42.4. The Morgan fingerprint density at radius 3 is 1.13 bits per heavy atom. The summed E-state index contributed by atoms with van der Waals surface area (Å²) < 4.78 is 33.7. The van der Waals surface area contributed by atoms with Gasteiger partial charge < -0.3 is 45.2 Å². The van der Waals surface area contributed by atoms with E-state index in [9.17, 15) is 62.3 Å². The number of carbonyl (C=O) groups is 9. The summed E-state index contributed by atoms with van der Waals surface area (Å²) in [5, 5.41) is 34.8. The van der Waals surface area contributed by atoms with Crippen molar-refractivity contribution in [2.24, 2.45) is 28.2 Å². The zero-order valence-electron chi connectivity index (χ0n) is 61.9. The van der Waals surface area contributed by atoms with Gasteiger partial charge in [-0.05, 0) is 142 Å². The van der Waals surface area contributed by atoms with Crippen molar-refractivity contribution in [3.8, 4) is 24.2 Å². The predicted molar refractivity (Wildman–Crippen MR) is 409 cm³/mol. The molecule has 12 rings (SSSR count). The number of piperidine rings is 4. The highest BCUT2D eigenvalue weighted by molar-refractivity contribution is 9.10. The molecule has 4 atom stereocenters. The number of imidazole rings is 4. The molecule has 4 unspecified atom stereocenters. The number of aromatic nitrogens is 8. The Bertz CT molecular complexity index is 5020. The van der Waals surface area contributed by atoms with Gasteiger partial charge in [0.15, 0.2) is 0 Å². The zero-order valence-corrected chi connectivity index (χ0v) is 63.5. The number of aldehydes is 1. The quantitative estimate of drug-likeness (QED) is 0.0167. The van der Waals surface area contributed by atoms with Crippen LogP contribution in [0.3, 0.4) is 0 Å². The second-order valence-corrected chi connectivity index (χ2v) is 26.8. The molecule has 0 spiro atoms. The Morgan fingerprint density at radius 1 is 0.436 bits per heavy atom. The first-order valence-corrected chi connectivity index (χ1v) is 36.6. The first-order valence-electron chi connectivity index (χ1n) is 35.8. The third-order valence-electron chi connectivity index (χ3n) is 18.4. The van der Waals surface area contributed by atoms with E-state index in [1.54, 1.807) is 57.0 Å². The fraction of sp³-hybridized carbons (Fsp3) is 0.461. The maximum atomic E-state index is 12.7. The molecule has 4 aromatic carbocycles. The maximum absolute atomic E-state index is 12.7. The molecular weight excluding hydrogens is 1490 g/mol. The summed E-state index contributed by atoms with van der Waals surface area (Å²) in [4.78, 5) is 155. The van der Waals surface area contributed by atoms with Gasteiger partial charge in [-0.2, -0.15) is 0 Å². The van der Waals surface area contributed by atoms with Crippen LogP contribution < -0.4 is 50.2 Å². The highest BCUT2D eigenvalue weighted by Crippen LogP contribution is 2.29. The number of nitrogens with one attached hydrogen (secondary N) is 4. The molecule has 8 amide bonds. The van der Waals surface area contributed by atoms with Gasteiger partial charge in [-0.1, -0.05) is 45.8 Å². The smallest absolute Gasteiger partial charge is 0.329 e. The second-order valence-electron chi connectivity index (χ2n) is 25.9. The van der Waals surface area contributed by atoms with E-state index in [0.717, 1.165) is 69.7 Å². The van der Waals surface area contributed by atoms with Gasteiger partial charge in [0.2, 0.25) is 47.3 Å². The number of aliphatic hydroxyl groups is 3. The van der Waals surface area contributed by atoms with Gasteiger partial charge >= 0.3 is 22.8 Å². The van der Waals surface area contributed by atoms with Gasteiger partial charge in [0.25, 0.3) is 0 Å². The lowest BCUT2D eigenvalue weighted by Gasteiger charge is -2.21. The number of terminal acetylenes is 1. The van der Waals surface area contributed by atoms with Gasteiger partial charge in [0.1, 0.15) is 43.7 Å². The standard InChI is InChI=1S/C19H25N3O5.C19H23N3O5.C19H21N3O5.C13H12BrN3O3.C6H10O2.H3N/c3*1-21-16-12-13(4-2-10-27-11-3-9-23)5-6-14(16)22(19(21)26)15-7-8-17(24)20-18(15)25;1-16-10-6-7(14)2-3-8(10)17(13(16)20)9-4-5-11(18)15-12(9)19;1-2-5-8-6-3-4-7;/h5-6,12,15,23H,2-4,7-11H2,1H3,(H,20,24,25);5-6,9,12,15H,2-4,7-8,10-11H2,1H3,(H,20,24,25);5-6,12,15,23H,3,7-11H2,1H3,(H,20,24,25);2-3,6,9H,4-5H2,1H3,(H,15,18,19);1,7H,3-6H2;1H3. The van der Waals surface area contributed by atoms with Crippen LogP contribution in [0.15, 0.2) is 96.4 Å². The number of imide groups is 4. The van der Waals surface area contributed by atoms with Crippen LogP contribution in [-0.4, -0.2) is 178 Å². The average molecular weight is 1590 g/mol. The summed E-state index contributed by atoms with van der Waals surface area (Å²) in [7, 11) is 6.68. The molecule has 0 saturated carbocycles. The van der Waals surface area contributed by atoms with Crippen LogP contribution in [0.25, 0.3) is 44.1 Å².